The Balaban J connectivity index is 1.73. The zero-order valence-electron chi connectivity index (χ0n) is 22.9. The first-order chi connectivity index (χ1) is 18.8. The molecule has 8 heteroatoms. The molecular formula is C31H35N5O3. The van der Waals surface area contributed by atoms with Crippen molar-refractivity contribution in [2.75, 3.05) is 38.6 Å². The van der Waals surface area contributed by atoms with Crippen molar-refractivity contribution in [2.24, 2.45) is 4.99 Å². The minimum atomic E-state index is -0.173. The van der Waals surface area contributed by atoms with Crippen molar-refractivity contribution in [2.45, 2.75) is 20.3 Å². The van der Waals surface area contributed by atoms with E-state index in [2.05, 4.69) is 15.2 Å². The van der Waals surface area contributed by atoms with Crippen LogP contribution in [0, 0.1) is 0 Å². The molecule has 0 aliphatic rings. The van der Waals surface area contributed by atoms with Gasteiger partial charge in [-0.3, -0.25) is 9.59 Å². The van der Waals surface area contributed by atoms with Gasteiger partial charge < -0.3 is 25.2 Å². The Bertz CT molecular complexity index is 1470. The molecule has 39 heavy (non-hydrogen) atoms. The quantitative estimate of drug-likeness (QED) is 0.251. The summed E-state index contributed by atoms with van der Waals surface area (Å²) in [7, 11) is 4.03. The van der Waals surface area contributed by atoms with Crippen LogP contribution >= 0.6 is 0 Å². The number of hydrogen-bond donors (Lipinski definition) is 3. The van der Waals surface area contributed by atoms with Crippen molar-refractivity contribution >= 4 is 39.8 Å². The van der Waals surface area contributed by atoms with Crippen molar-refractivity contribution in [1.82, 2.24) is 15.2 Å². The number of nitrogens with zero attached hydrogens (tertiary/aromatic N) is 3. The SMILES string of the molecule is CCNC(=O)c1ccc2c(C(=Nc3ccc(N(CCCN(C)C)C(C)=O)cc3)c3ccccc3)c(O)[nH]c2c1. The van der Waals surface area contributed by atoms with Crippen LogP contribution < -0.4 is 10.2 Å². The van der Waals surface area contributed by atoms with Gasteiger partial charge >= 0.3 is 0 Å². The zero-order chi connectivity index (χ0) is 27.9. The van der Waals surface area contributed by atoms with Crippen LogP contribution in [0.2, 0.25) is 0 Å². The number of carbonyl (C=O) groups is 2. The number of fused-ring (bicyclic) bond motifs is 1. The number of aromatic nitrogens is 1. The van der Waals surface area contributed by atoms with Crippen molar-refractivity contribution in [1.29, 1.82) is 0 Å². The highest BCUT2D eigenvalue weighted by atomic mass is 16.3. The van der Waals surface area contributed by atoms with Crippen molar-refractivity contribution < 1.29 is 14.7 Å². The first-order valence-electron chi connectivity index (χ1n) is 13.1. The number of anilines is 1. The maximum absolute atomic E-state index is 12.3. The lowest BCUT2D eigenvalue weighted by atomic mass is 10.00. The summed E-state index contributed by atoms with van der Waals surface area (Å²) in [6, 6.07) is 22.5. The third-order valence-electron chi connectivity index (χ3n) is 6.43. The molecule has 0 spiro atoms. The molecule has 0 bridgehead atoms. The van der Waals surface area contributed by atoms with E-state index in [0.717, 1.165) is 29.6 Å². The molecular weight excluding hydrogens is 490 g/mol. The topological polar surface area (TPSA) is 101 Å². The molecule has 0 radical (unpaired) electrons. The summed E-state index contributed by atoms with van der Waals surface area (Å²) < 4.78 is 0. The molecule has 0 unspecified atom stereocenters. The van der Waals surface area contributed by atoms with E-state index in [1.807, 2.05) is 81.7 Å². The van der Waals surface area contributed by atoms with E-state index in [4.69, 9.17) is 4.99 Å². The van der Waals surface area contributed by atoms with E-state index in [1.54, 1.807) is 24.0 Å². The van der Waals surface area contributed by atoms with Crippen LogP contribution in [0.15, 0.2) is 77.8 Å². The Morgan fingerprint density at radius 2 is 1.67 bits per heavy atom. The lowest BCUT2D eigenvalue weighted by Gasteiger charge is -2.22. The molecule has 0 saturated heterocycles. The summed E-state index contributed by atoms with van der Waals surface area (Å²) in [5.74, 6) is -0.208. The summed E-state index contributed by atoms with van der Waals surface area (Å²) >= 11 is 0. The second-order valence-corrected chi connectivity index (χ2v) is 9.64. The van der Waals surface area contributed by atoms with Crippen LogP contribution in [0.25, 0.3) is 10.9 Å². The van der Waals surface area contributed by atoms with Gasteiger partial charge in [-0.15, -0.1) is 0 Å². The molecule has 3 aromatic carbocycles. The van der Waals surface area contributed by atoms with Gasteiger partial charge in [-0.25, -0.2) is 4.99 Å². The Morgan fingerprint density at radius 3 is 2.31 bits per heavy atom. The fraction of sp³-hybridized carbons (Fsp3) is 0.258. The van der Waals surface area contributed by atoms with Crippen LogP contribution in [-0.2, 0) is 4.79 Å². The second kappa shape index (κ2) is 12.4. The van der Waals surface area contributed by atoms with Gasteiger partial charge in [-0.1, -0.05) is 36.4 Å². The monoisotopic (exact) mass is 525 g/mol. The number of benzene rings is 3. The molecule has 4 aromatic rings. The van der Waals surface area contributed by atoms with Crippen molar-refractivity contribution in [3.8, 4) is 5.88 Å². The number of amides is 2. The minimum Gasteiger partial charge on any atom is -0.494 e. The van der Waals surface area contributed by atoms with E-state index < -0.39 is 0 Å². The molecule has 3 N–H and O–H groups in total. The Hall–Kier alpha value is -4.43. The van der Waals surface area contributed by atoms with Crippen LogP contribution in [0.5, 0.6) is 5.88 Å². The lowest BCUT2D eigenvalue weighted by molar-refractivity contribution is -0.116. The standard InChI is InChI=1S/C31H35N5O3/c1-5-32-30(38)23-12-17-26-27(20-23)34-31(39)28(26)29(22-10-7-6-8-11-22)33-24-13-15-25(16-14-24)36(21(2)37)19-9-18-35(3)4/h6-8,10-17,20,34,39H,5,9,18-19H2,1-4H3,(H,32,38). The van der Waals surface area contributed by atoms with Gasteiger partial charge in [0.15, 0.2) is 5.88 Å². The third kappa shape index (κ3) is 6.53. The highest BCUT2D eigenvalue weighted by Gasteiger charge is 2.20. The molecule has 4 rings (SSSR count). The van der Waals surface area contributed by atoms with Gasteiger partial charge in [0.1, 0.15) is 0 Å². The predicted molar refractivity (Wildman–Crippen MR) is 157 cm³/mol. The van der Waals surface area contributed by atoms with Gasteiger partial charge in [-0.2, -0.15) is 0 Å². The number of nitrogens with one attached hydrogen (secondary N) is 2. The van der Waals surface area contributed by atoms with E-state index in [0.29, 0.717) is 41.1 Å². The maximum atomic E-state index is 12.3. The number of hydrogen-bond acceptors (Lipinski definition) is 5. The van der Waals surface area contributed by atoms with Gasteiger partial charge in [0, 0.05) is 47.7 Å². The number of aliphatic imine (C=N–C) groups is 1. The Labute approximate surface area is 229 Å². The smallest absolute Gasteiger partial charge is 0.251 e. The third-order valence-corrected chi connectivity index (χ3v) is 6.43. The maximum Gasteiger partial charge on any atom is 0.251 e. The molecule has 2 amide bonds. The van der Waals surface area contributed by atoms with Gasteiger partial charge in [0.25, 0.3) is 5.91 Å². The lowest BCUT2D eigenvalue weighted by Crippen LogP contribution is -2.31. The highest BCUT2D eigenvalue weighted by Crippen LogP contribution is 2.32. The van der Waals surface area contributed by atoms with Gasteiger partial charge in [-0.05, 0) is 70.4 Å². The summed E-state index contributed by atoms with van der Waals surface area (Å²) in [5.41, 5.74) is 4.62. The first-order valence-corrected chi connectivity index (χ1v) is 13.1. The largest absolute Gasteiger partial charge is 0.494 e. The van der Waals surface area contributed by atoms with Crippen LogP contribution in [-0.4, -0.2) is 66.2 Å². The molecule has 0 aliphatic heterocycles. The normalized spacial score (nSPS) is 11.7. The molecule has 1 heterocycles. The molecule has 0 atom stereocenters. The van der Waals surface area contributed by atoms with Crippen LogP contribution in [0.1, 0.15) is 41.8 Å². The Kier molecular flexibility index (Phi) is 8.78. The van der Waals surface area contributed by atoms with Crippen molar-refractivity contribution in [3.63, 3.8) is 0 Å². The fourth-order valence-corrected chi connectivity index (χ4v) is 4.54. The van der Waals surface area contributed by atoms with Crippen LogP contribution in [0.4, 0.5) is 11.4 Å². The molecule has 8 nitrogen and oxygen atoms in total. The second-order valence-electron chi connectivity index (χ2n) is 9.64. The number of aromatic amines is 1. The summed E-state index contributed by atoms with van der Waals surface area (Å²) in [5, 5.41) is 14.5. The van der Waals surface area contributed by atoms with E-state index in [9.17, 15) is 14.7 Å². The number of carbonyl (C=O) groups excluding carboxylic acids is 2. The molecule has 0 aliphatic carbocycles. The van der Waals surface area contributed by atoms with E-state index in [-0.39, 0.29) is 17.7 Å². The molecule has 202 valence electrons. The average molecular weight is 526 g/mol. The molecule has 1 aromatic heterocycles. The first kappa shape index (κ1) is 27.6. The number of rotatable bonds is 10. The fourth-order valence-electron chi connectivity index (χ4n) is 4.54. The summed E-state index contributed by atoms with van der Waals surface area (Å²) in [6.07, 6.45) is 0.867. The number of H-pyrrole nitrogens is 1. The summed E-state index contributed by atoms with van der Waals surface area (Å²) in [4.78, 5) is 36.5. The summed E-state index contributed by atoms with van der Waals surface area (Å²) in [6.45, 7) is 5.50. The molecule has 0 fully saturated rings. The van der Waals surface area contributed by atoms with E-state index >= 15 is 0 Å². The highest BCUT2D eigenvalue weighted by molar-refractivity contribution is 6.22. The van der Waals surface area contributed by atoms with Crippen molar-refractivity contribution in [3.05, 3.63) is 89.5 Å². The van der Waals surface area contributed by atoms with Crippen LogP contribution in [0.3, 0.4) is 0 Å². The number of aromatic hydroxyl groups is 1. The zero-order valence-corrected chi connectivity index (χ0v) is 22.9. The van der Waals surface area contributed by atoms with E-state index in [1.165, 1.54) is 0 Å². The Morgan fingerprint density at radius 1 is 0.949 bits per heavy atom. The van der Waals surface area contributed by atoms with Gasteiger partial charge in [0.2, 0.25) is 5.91 Å². The predicted octanol–water partition coefficient (Wildman–Crippen LogP) is 5.10. The molecule has 0 saturated carbocycles. The minimum absolute atomic E-state index is 0.00863. The van der Waals surface area contributed by atoms with Gasteiger partial charge in [0.05, 0.1) is 17.0 Å². The average Bonchev–Trinajstić information content (AvgIpc) is 3.25.